The fraction of sp³-hybridized carbons (Fsp3) is 1.00. The third-order valence-corrected chi connectivity index (χ3v) is 2.17. The summed E-state index contributed by atoms with van der Waals surface area (Å²) in [5, 5.41) is 0. The summed E-state index contributed by atoms with van der Waals surface area (Å²) in [7, 11) is 2.16. The van der Waals surface area contributed by atoms with Crippen molar-refractivity contribution >= 4 is 0 Å². The van der Waals surface area contributed by atoms with Crippen LogP contribution in [0.2, 0.25) is 0 Å². The van der Waals surface area contributed by atoms with Gasteiger partial charge in [-0.3, -0.25) is 0 Å². The van der Waals surface area contributed by atoms with E-state index < -0.39 is 0 Å². The maximum atomic E-state index is 5.73. The predicted octanol–water partition coefficient (Wildman–Crippen LogP) is 0.285. The van der Waals surface area contributed by atoms with Crippen LogP contribution in [0.3, 0.4) is 0 Å². The Hall–Kier alpha value is -0.0800. The highest BCUT2D eigenvalue weighted by molar-refractivity contribution is 4.78. The molecule has 1 aliphatic rings. The van der Waals surface area contributed by atoms with Gasteiger partial charge in [-0.05, 0) is 32.9 Å². The molecular formula is C7H16N2. The van der Waals surface area contributed by atoms with Crippen molar-refractivity contribution in [1.29, 1.82) is 0 Å². The van der Waals surface area contributed by atoms with E-state index in [0.29, 0.717) is 6.04 Å². The quantitative estimate of drug-likeness (QED) is 0.550. The standard InChI is InChI=1S/C7H16N2/c1-6(8)7-3-4-9(2)5-7/h6-7H,3-5,8H2,1-2H3/t6-,7?/m0/s1. The minimum Gasteiger partial charge on any atom is -0.328 e. The molecule has 2 N–H and O–H groups in total. The fourth-order valence-corrected chi connectivity index (χ4v) is 1.40. The van der Waals surface area contributed by atoms with E-state index in [-0.39, 0.29) is 0 Å². The van der Waals surface area contributed by atoms with Crippen molar-refractivity contribution in [3.05, 3.63) is 0 Å². The second-order valence-corrected chi connectivity index (χ2v) is 3.17. The normalized spacial score (nSPS) is 33.0. The lowest BCUT2D eigenvalue weighted by molar-refractivity contribution is 0.377. The highest BCUT2D eigenvalue weighted by Gasteiger charge is 2.21. The lowest BCUT2D eigenvalue weighted by atomic mass is 10.0. The number of nitrogens with two attached hydrogens (primary N) is 1. The first-order valence-corrected chi connectivity index (χ1v) is 3.64. The maximum absolute atomic E-state index is 5.73. The first-order chi connectivity index (χ1) is 4.20. The smallest absolute Gasteiger partial charge is 0.00514 e. The zero-order chi connectivity index (χ0) is 6.85. The van der Waals surface area contributed by atoms with Gasteiger partial charge in [0.25, 0.3) is 0 Å². The highest BCUT2D eigenvalue weighted by atomic mass is 15.1. The van der Waals surface area contributed by atoms with Crippen molar-refractivity contribution in [2.45, 2.75) is 19.4 Å². The molecule has 0 aromatic heterocycles. The van der Waals surface area contributed by atoms with Crippen LogP contribution in [0.4, 0.5) is 0 Å². The molecule has 0 saturated carbocycles. The van der Waals surface area contributed by atoms with Gasteiger partial charge in [-0.1, -0.05) is 0 Å². The van der Waals surface area contributed by atoms with Crippen molar-refractivity contribution in [1.82, 2.24) is 4.90 Å². The van der Waals surface area contributed by atoms with Gasteiger partial charge in [-0.25, -0.2) is 0 Å². The monoisotopic (exact) mass is 128 g/mol. The van der Waals surface area contributed by atoms with Crippen LogP contribution in [-0.2, 0) is 0 Å². The molecule has 2 atom stereocenters. The molecule has 1 rings (SSSR count). The van der Waals surface area contributed by atoms with E-state index >= 15 is 0 Å². The molecule has 1 fully saturated rings. The summed E-state index contributed by atoms with van der Waals surface area (Å²) >= 11 is 0. The van der Waals surface area contributed by atoms with Gasteiger partial charge in [0, 0.05) is 12.6 Å². The molecule has 1 unspecified atom stereocenters. The highest BCUT2D eigenvalue weighted by Crippen LogP contribution is 2.15. The van der Waals surface area contributed by atoms with E-state index in [4.69, 9.17) is 5.73 Å². The Bertz CT molecular complexity index is 90.9. The summed E-state index contributed by atoms with van der Waals surface area (Å²) in [6.07, 6.45) is 1.29. The first kappa shape index (κ1) is 7.03. The summed E-state index contributed by atoms with van der Waals surface area (Å²) in [6.45, 7) is 4.52. The van der Waals surface area contributed by atoms with Gasteiger partial charge in [0.1, 0.15) is 0 Å². The van der Waals surface area contributed by atoms with E-state index in [0.717, 1.165) is 5.92 Å². The second-order valence-electron chi connectivity index (χ2n) is 3.17. The first-order valence-electron chi connectivity index (χ1n) is 3.64. The molecule has 0 radical (unpaired) electrons. The molecule has 0 spiro atoms. The molecule has 0 bridgehead atoms. The molecule has 9 heavy (non-hydrogen) atoms. The van der Waals surface area contributed by atoms with Crippen molar-refractivity contribution in [2.75, 3.05) is 20.1 Å². The van der Waals surface area contributed by atoms with E-state index in [1.165, 1.54) is 19.5 Å². The van der Waals surface area contributed by atoms with Crippen LogP contribution in [0.1, 0.15) is 13.3 Å². The molecule has 54 valence electrons. The Balaban J connectivity index is 2.30. The average Bonchev–Trinajstić information content (AvgIpc) is 2.14. The minimum atomic E-state index is 0.384. The van der Waals surface area contributed by atoms with Crippen molar-refractivity contribution in [3.8, 4) is 0 Å². The zero-order valence-corrected chi connectivity index (χ0v) is 6.30. The van der Waals surface area contributed by atoms with E-state index in [9.17, 15) is 0 Å². The molecule has 0 aromatic rings. The third-order valence-electron chi connectivity index (χ3n) is 2.17. The number of hydrogen-bond acceptors (Lipinski definition) is 2. The summed E-state index contributed by atoms with van der Waals surface area (Å²) in [4.78, 5) is 2.34. The molecule has 1 aliphatic heterocycles. The van der Waals surface area contributed by atoms with Crippen molar-refractivity contribution < 1.29 is 0 Å². The molecule has 1 heterocycles. The molecule has 0 aliphatic carbocycles. The third kappa shape index (κ3) is 1.66. The summed E-state index contributed by atoms with van der Waals surface area (Å²) < 4.78 is 0. The van der Waals surface area contributed by atoms with Gasteiger partial charge in [0.2, 0.25) is 0 Å². The average molecular weight is 128 g/mol. The molecule has 1 saturated heterocycles. The van der Waals surface area contributed by atoms with E-state index in [1.807, 2.05) is 0 Å². The molecule has 0 aromatic carbocycles. The van der Waals surface area contributed by atoms with Crippen LogP contribution in [0.15, 0.2) is 0 Å². The van der Waals surface area contributed by atoms with Gasteiger partial charge in [0.05, 0.1) is 0 Å². The van der Waals surface area contributed by atoms with Crippen LogP contribution in [0, 0.1) is 5.92 Å². The van der Waals surface area contributed by atoms with Crippen LogP contribution < -0.4 is 5.73 Å². The summed E-state index contributed by atoms with van der Waals surface area (Å²) in [5.74, 6) is 0.745. The number of likely N-dealkylation sites (tertiary alicyclic amines) is 1. The van der Waals surface area contributed by atoms with E-state index in [1.54, 1.807) is 0 Å². The second kappa shape index (κ2) is 2.67. The number of hydrogen-bond donors (Lipinski definition) is 1. The number of rotatable bonds is 1. The van der Waals surface area contributed by atoms with Gasteiger partial charge >= 0.3 is 0 Å². The van der Waals surface area contributed by atoms with Gasteiger partial charge in [-0.2, -0.15) is 0 Å². The largest absolute Gasteiger partial charge is 0.328 e. The molecule has 0 amide bonds. The van der Waals surface area contributed by atoms with Gasteiger partial charge in [-0.15, -0.1) is 0 Å². The Morgan fingerprint density at radius 1 is 1.67 bits per heavy atom. The summed E-state index contributed by atoms with van der Waals surface area (Å²) in [5.41, 5.74) is 5.73. The van der Waals surface area contributed by atoms with Crippen molar-refractivity contribution in [3.63, 3.8) is 0 Å². The van der Waals surface area contributed by atoms with Crippen molar-refractivity contribution in [2.24, 2.45) is 11.7 Å². The fourth-order valence-electron chi connectivity index (χ4n) is 1.40. The maximum Gasteiger partial charge on any atom is 0.00514 e. The molecule has 2 heteroatoms. The zero-order valence-electron chi connectivity index (χ0n) is 6.30. The Morgan fingerprint density at radius 3 is 2.56 bits per heavy atom. The Morgan fingerprint density at radius 2 is 2.33 bits per heavy atom. The van der Waals surface area contributed by atoms with Gasteiger partial charge < -0.3 is 10.6 Å². The van der Waals surface area contributed by atoms with E-state index in [2.05, 4.69) is 18.9 Å². The molecule has 2 nitrogen and oxygen atoms in total. The summed E-state index contributed by atoms with van der Waals surface area (Å²) in [6, 6.07) is 0.384. The lowest BCUT2D eigenvalue weighted by Crippen LogP contribution is -2.28. The van der Waals surface area contributed by atoms with Crippen LogP contribution in [0.5, 0.6) is 0 Å². The SMILES string of the molecule is C[C@H](N)C1CCN(C)C1. The van der Waals surface area contributed by atoms with Crippen LogP contribution in [-0.4, -0.2) is 31.1 Å². The number of nitrogens with zero attached hydrogens (tertiary/aromatic N) is 1. The molecular weight excluding hydrogens is 112 g/mol. The van der Waals surface area contributed by atoms with Gasteiger partial charge in [0.15, 0.2) is 0 Å². The van der Waals surface area contributed by atoms with Crippen LogP contribution >= 0.6 is 0 Å². The topological polar surface area (TPSA) is 29.3 Å². The minimum absolute atomic E-state index is 0.384. The Kier molecular flexibility index (Phi) is 2.09. The lowest BCUT2D eigenvalue weighted by Gasteiger charge is -2.13. The predicted molar refractivity (Wildman–Crippen MR) is 39.3 cm³/mol. The van der Waals surface area contributed by atoms with Crippen LogP contribution in [0.25, 0.3) is 0 Å². The Labute approximate surface area is 57.0 Å².